The van der Waals surface area contributed by atoms with Crippen molar-refractivity contribution in [2.24, 2.45) is 0 Å². The van der Waals surface area contributed by atoms with Crippen LogP contribution in [0.15, 0.2) is 24.3 Å². The first-order chi connectivity index (χ1) is 10.6. The normalized spacial score (nSPS) is 22.0. The lowest BCUT2D eigenvalue weighted by molar-refractivity contribution is -0.142. The van der Waals surface area contributed by atoms with Crippen molar-refractivity contribution in [3.05, 3.63) is 34.9 Å². The van der Waals surface area contributed by atoms with Gasteiger partial charge in [0.25, 0.3) is 11.8 Å². The molecule has 2 aliphatic rings. The number of ether oxygens (including phenoxy) is 1. The fourth-order valence-electron chi connectivity index (χ4n) is 2.91. The minimum absolute atomic E-state index is 0.0354. The van der Waals surface area contributed by atoms with Crippen LogP contribution in [-0.4, -0.2) is 60.5 Å². The van der Waals surface area contributed by atoms with Gasteiger partial charge in [0, 0.05) is 43.4 Å². The molecule has 2 amide bonds. The second-order valence-corrected chi connectivity index (χ2v) is 6.07. The lowest BCUT2D eigenvalue weighted by Crippen LogP contribution is -2.52. The Morgan fingerprint density at radius 2 is 1.86 bits per heavy atom. The molecule has 2 heterocycles. The number of nitrogens with zero attached hydrogens (tertiary/aromatic N) is 2. The third-order valence-corrected chi connectivity index (χ3v) is 4.39. The fourth-order valence-corrected chi connectivity index (χ4v) is 3.10. The molecule has 0 aromatic heterocycles. The van der Waals surface area contributed by atoms with Crippen LogP contribution in [0, 0.1) is 0 Å². The number of rotatable bonds is 2. The van der Waals surface area contributed by atoms with Crippen molar-refractivity contribution in [1.82, 2.24) is 9.80 Å². The summed E-state index contributed by atoms with van der Waals surface area (Å²) in [5, 5.41) is 0.554. The predicted octanol–water partition coefficient (Wildman–Crippen LogP) is 1.80. The maximum absolute atomic E-state index is 12.4. The summed E-state index contributed by atoms with van der Waals surface area (Å²) in [6, 6.07) is 6.95. The van der Waals surface area contributed by atoms with Gasteiger partial charge in [-0.1, -0.05) is 17.7 Å². The maximum Gasteiger partial charge on any atom is 0.254 e. The van der Waals surface area contributed by atoms with Crippen LogP contribution in [-0.2, 0) is 9.53 Å². The highest BCUT2D eigenvalue weighted by molar-refractivity contribution is 6.30. The zero-order valence-electron chi connectivity index (χ0n) is 12.3. The first-order valence-electron chi connectivity index (χ1n) is 7.60. The van der Waals surface area contributed by atoms with Crippen molar-refractivity contribution in [2.75, 3.05) is 32.8 Å². The molecule has 22 heavy (non-hydrogen) atoms. The molecule has 118 valence electrons. The first-order valence-corrected chi connectivity index (χ1v) is 7.98. The van der Waals surface area contributed by atoms with Gasteiger partial charge in [0.15, 0.2) is 0 Å². The molecule has 5 nitrogen and oxygen atoms in total. The number of amides is 2. The van der Waals surface area contributed by atoms with E-state index in [0.717, 1.165) is 12.8 Å². The molecular formula is C16H19ClN2O3. The summed E-state index contributed by atoms with van der Waals surface area (Å²) >= 11 is 5.93. The topological polar surface area (TPSA) is 49.9 Å². The predicted molar refractivity (Wildman–Crippen MR) is 82.9 cm³/mol. The van der Waals surface area contributed by atoms with Crippen molar-refractivity contribution in [3.8, 4) is 0 Å². The summed E-state index contributed by atoms with van der Waals surface area (Å²) in [4.78, 5) is 28.3. The molecule has 1 unspecified atom stereocenters. The van der Waals surface area contributed by atoms with E-state index in [9.17, 15) is 9.59 Å². The highest BCUT2D eigenvalue weighted by atomic mass is 35.5. The molecule has 2 aliphatic heterocycles. The van der Waals surface area contributed by atoms with E-state index >= 15 is 0 Å². The van der Waals surface area contributed by atoms with Gasteiger partial charge in [-0.05, 0) is 31.0 Å². The highest BCUT2D eigenvalue weighted by Gasteiger charge is 2.31. The Bertz CT molecular complexity index is 564. The number of benzene rings is 1. The minimum atomic E-state index is -0.282. The maximum atomic E-state index is 12.4. The molecule has 0 radical (unpaired) electrons. The molecule has 0 aliphatic carbocycles. The number of carbonyl (C=O) groups excluding carboxylic acids is 2. The second-order valence-electron chi connectivity index (χ2n) is 5.63. The van der Waals surface area contributed by atoms with E-state index in [-0.39, 0.29) is 17.9 Å². The number of carbonyl (C=O) groups is 2. The van der Waals surface area contributed by atoms with E-state index in [1.807, 2.05) is 0 Å². The average Bonchev–Trinajstić information content (AvgIpc) is 3.08. The van der Waals surface area contributed by atoms with Crippen LogP contribution in [0.5, 0.6) is 0 Å². The third-order valence-electron chi connectivity index (χ3n) is 4.16. The highest BCUT2D eigenvalue weighted by Crippen LogP contribution is 2.17. The molecule has 2 saturated heterocycles. The van der Waals surface area contributed by atoms with Gasteiger partial charge in [-0.3, -0.25) is 9.59 Å². The van der Waals surface area contributed by atoms with Crippen molar-refractivity contribution in [1.29, 1.82) is 0 Å². The fraction of sp³-hybridized carbons (Fsp3) is 0.500. The lowest BCUT2D eigenvalue weighted by Gasteiger charge is -2.35. The van der Waals surface area contributed by atoms with Gasteiger partial charge in [0.2, 0.25) is 0 Å². The quantitative estimate of drug-likeness (QED) is 0.834. The van der Waals surface area contributed by atoms with Gasteiger partial charge in [-0.2, -0.15) is 0 Å². The van der Waals surface area contributed by atoms with Crippen LogP contribution in [0.25, 0.3) is 0 Å². The molecular weight excluding hydrogens is 304 g/mol. The Hall–Kier alpha value is -1.59. The van der Waals surface area contributed by atoms with E-state index < -0.39 is 0 Å². The molecule has 1 atom stereocenters. The molecule has 0 bridgehead atoms. The Balaban J connectivity index is 1.57. The third kappa shape index (κ3) is 3.25. The molecule has 0 saturated carbocycles. The van der Waals surface area contributed by atoms with Gasteiger partial charge in [-0.15, -0.1) is 0 Å². The Labute approximate surface area is 134 Å². The van der Waals surface area contributed by atoms with E-state index in [1.54, 1.807) is 34.1 Å². The van der Waals surface area contributed by atoms with Crippen LogP contribution in [0.1, 0.15) is 23.2 Å². The first kappa shape index (κ1) is 15.3. The molecule has 0 spiro atoms. The number of hydrogen-bond acceptors (Lipinski definition) is 3. The molecule has 3 rings (SSSR count). The smallest absolute Gasteiger partial charge is 0.254 e. The number of hydrogen-bond donors (Lipinski definition) is 0. The van der Waals surface area contributed by atoms with Crippen LogP contribution >= 0.6 is 11.6 Å². The zero-order valence-corrected chi connectivity index (χ0v) is 13.1. The van der Waals surface area contributed by atoms with Gasteiger partial charge in [0.1, 0.15) is 6.10 Å². The van der Waals surface area contributed by atoms with Crippen LogP contribution in [0.2, 0.25) is 5.02 Å². The molecule has 1 aromatic carbocycles. The van der Waals surface area contributed by atoms with Gasteiger partial charge in [-0.25, -0.2) is 0 Å². The average molecular weight is 323 g/mol. The summed E-state index contributed by atoms with van der Waals surface area (Å²) in [6.45, 7) is 2.88. The standard InChI is InChI=1S/C16H19ClN2O3/c17-13-4-1-3-12(11-13)15(20)18-6-8-19(9-7-18)16(21)14-5-2-10-22-14/h1,3-4,11,14H,2,5-10H2. The summed E-state index contributed by atoms with van der Waals surface area (Å²) in [6.07, 6.45) is 1.47. The second kappa shape index (κ2) is 6.67. The van der Waals surface area contributed by atoms with Crippen LogP contribution in [0.3, 0.4) is 0 Å². The van der Waals surface area contributed by atoms with E-state index in [2.05, 4.69) is 0 Å². The van der Waals surface area contributed by atoms with Gasteiger partial charge < -0.3 is 14.5 Å². The summed E-state index contributed by atoms with van der Waals surface area (Å²) < 4.78 is 5.44. The van der Waals surface area contributed by atoms with E-state index in [1.165, 1.54) is 0 Å². The SMILES string of the molecule is O=C(c1cccc(Cl)c1)N1CCN(C(=O)C2CCCO2)CC1. The van der Waals surface area contributed by atoms with Crippen molar-refractivity contribution < 1.29 is 14.3 Å². The molecule has 6 heteroatoms. The van der Waals surface area contributed by atoms with Gasteiger partial charge >= 0.3 is 0 Å². The number of piperazine rings is 1. The van der Waals surface area contributed by atoms with Crippen molar-refractivity contribution in [2.45, 2.75) is 18.9 Å². The minimum Gasteiger partial charge on any atom is -0.368 e. The largest absolute Gasteiger partial charge is 0.368 e. The molecule has 1 aromatic rings. The van der Waals surface area contributed by atoms with Crippen LogP contribution in [0.4, 0.5) is 0 Å². The lowest BCUT2D eigenvalue weighted by atomic mass is 10.1. The van der Waals surface area contributed by atoms with Crippen molar-refractivity contribution >= 4 is 23.4 Å². The Kier molecular flexibility index (Phi) is 4.64. The zero-order chi connectivity index (χ0) is 15.5. The molecule has 0 N–H and O–H groups in total. The monoisotopic (exact) mass is 322 g/mol. The van der Waals surface area contributed by atoms with E-state index in [4.69, 9.17) is 16.3 Å². The Morgan fingerprint density at radius 3 is 2.50 bits per heavy atom. The summed E-state index contributed by atoms with van der Waals surface area (Å²) in [5.41, 5.74) is 0.589. The molecule has 2 fully saturated rings. The van der Waals surface area contributed by atoms with Crippen molar-refractivity contribution in [3.63, 3.8) is 0 Å². The Morgan fingerprint density at radius 1 is 1.14 bits per heavy atom. The van der Waals surface area contributed by atoms with Crippen LogP contribution < -0.4 is 0 Å². The summed E-state index contributed by atoms with van der Waals surface area (Å²) in [7, 11) is 0. The summed E-state index contributed by atoms with van der Waals surface area (Å²) in [5.74, 6) is 0.0269. The van der Waals surface area contributed by atoms with Gasteiger partial charge in [0.05, 0.1) is 0 Å². The van der Waals surface area contributed by atoms with E-state index in [0.29, 0.717) is 43.4 Å². The number of halogens is 1.